The van der Waals surface area contributed by atoms with Gasteiger partial charge < -0.3 is 68.5 Å². The van der Waals surface area contributed by atoms with Gasteiger partial charge in [0.25, 0.3) is 0 Å². The lowest BCUT2D eigenvalue weighted by Gasteiger charge is -2.35. The Hall–Kier alpha value is -6.89. The molecule has 0 bridgehead atoms. The summed E-state index contributed by atoms with van der Waals surface area (Å²) in [6, 6.07) is -9.66. The Bertz CT molecular complexity index is 2410. The number of likely N-dealkylation sites (tertiary alicyclic amines) is 2. The van der Waals surface area contributed by atoms with Crippen molar-refractivity contribution >= 4 is 76.9 Å². The molecule has 2 aliphatic rings. The van der Waals surface area contributed by atoms with Crippen LogP contribution in [0.3, 0.4) is 0 Å². The topological polar surface area (TPSA) is 383 Å². The molecule has 12 amide bonds. The van der Waals surface area contributed by atoms with E-state index in [0.29, 0.717) is 19.3 Å². The summed E-state index contributed by atoms with van der Waals surface area (Å²) in [7, 11) is 0. The average molecular weight is 1190 g/mol. The molecule has 0 spiro atoms. The molecule has 84 heavy (non-hydrogen) atoms. The lowest BCUT2D eigenvalue weighted by Crippen LogP contribution is -2.64. The van der Waals surface area contributed by atoms with Crippen molar-refractivity contribution in [3.63, 3.8) is 0 Å². The maximum atomic E-state index is 14.5. The number of carbonyl (C=O) groups excluding carboxylic acids is 12. The van der Waals surface area contributed by atoms with Crippen molar-refractivity contribution in [3.8, 4) is 0 Å². The van der Waals surface area contributed by atoms with E-state index in [9.17, 15) is 67.4 Å². The summed E-state index contributed by atoms with van der Waals surface area (Å²) in [5, 5.41) is 33.7. The molecule has 0 saturated carbocycles. The van der Waals surface area contributed by atoms with Crippen LogP contribution in [0.5, 0.6) is 0 Å². The van der Waals surface area contributed by atoms with Gasteiger partial charge in [-0.05, 0) is 122 Å². The summed E-state index contributed by atoms with van der Waals surface area (Å²) in [6.07, 6.45) is 1.62. The summed E-state index contributed by atoms with van der Waals surface area (Å²) < 4.78 is 0. The van der Waals surface area contributed by atoms with E-state index in [0.717, 1.165) is 0 Å². The first-order valence-corrected chi connectivity index (χ1v) is 29.5. The summed E-state index contributed by atoms with van der Waals surface area (Å²) in [6.45, 7) is 28.2. The molecule has 0 unspecified atom stereocenters. The highest BCUT2D eigenvalue weighted by molar-refractivity contribution is 6.01. The van der Waals surface area contributed by atoms with E-state index in [-0.39, 0.29) is 75.3 Å². The highest BCUT2D eigenvalue weighted by atomic mass is 16.4. The number of carboxylic acids is 1. The number of hydrogen-bond acceptors (Lipinski definition) is 13. The second-order valence-corrected chi connectivity index (χ2v) is 26.0. The largest absolute Gasteiger partial charge is 0.480 e. The first-order chi connectivity index (χ1) is 38.6. The van der Waals surface area contributed by atoms with Crippen LogP contribution in [0.15, 0.2) is 0 Å². The van der Waals surface area contributed by atoms with E-state index in [2.05, 4.69) is 47.9 Å². The van der Waals surface area contributed by atoms with Gasteiger partial charge >= 0.3 is 5.97 Å². The molecule has 2 fully saturated rings. The molecule has 26 nitrogen and oxygen atoms in total. The molecule has 12 N–H and O–H groups in total. The molecule has 0 aliphatic carbocycles. The van der Waals surface area contributed by atoms with Crippen LogP contribution in [0.4, 0.5) is 0 Å². The van der Waals surface area contributed by atoms with Crippen LogP contribution in [-0.4, -0.2) is 170 Å². The minimum atomic E-state index is -1.67. The van der Waals surface area contributed by atoms with Crippen LogP contribution in [-0.2, 0) is 62.3 Å². The monoisotopic (exact) mass is 1190 g/mol. The smallest absolute Gasteiger partial charge is 0.326 e. The van der Waals surface area contributed by atoms with Gasteiger partial charge in [0.05, 0.1) is 6.42 Å². The van der Waals surface area contributed by atoms with Crippen molar-refractivity contribution < 1.29 is 67.4 Å². The summed E-state index contributed by atoms with van der Waals surface area (Å²) in [5.41, 5.74) is 0.677. The Morgan fingerprint density at radius 3 is 1.23 bits per heavy atom. The number of nitrogens with two attached hydrogens (primary N) is 1. The fourth-order valence-corrected chi connectivity index (χ4v) is 10.3. The number of rotatable bonds is 32. The Morgan fingerprint density at radius 1 is 0.488 bits per heavy atom. The fraction of sp³-hybridized carbons (Fsp3) is 0.776. The molecule has 2 saturated heterocycles. The van der Waals surface area contributed by atoms with Crippen molar-refractivity contribution in [2.75, 3.05) is 13.1 Å². The number of amides is 12. The molecule has 0 radical (unpaired) electrons. The summed E-state index contributed by atoms with van der Waals surface area (Å²) in [4.78, 5) is 179. The third-order valence-corrected chi connectivity index (χ3v) is 14.8. The predicted molar refractivity (Wildman–Crippen MR) is 312 cm³/mol. The van der Waals surface area contributed by atoms with E-state index in [4.69, 9.17) is 5.73 Å². The molecule has 2 heterocycles. The Balaban J connectivity index is 2.32. The van der Waals surface area contributed by atoms with Crippen LogP contribution in [0.1, 0.15) is 182 Å². The number of carbonyl (C=O) groups is 13. The number of aliphatic carboxylic acids is 1. The number of nitrogens with zero attached hydrogens (tertiary/aromatic N) is 2. The number of primary amides is 1. The van der Waals surface area contributed by atoms with Gasteiger partial charge in [-0.15, -0.1) is 0 Å². The van der Waals surface area contributed by atoms with Gasteiger partial charge in [-0.25, -0.2) is 4.79 Å². The SMILES string of the molecule is CC[C@H](C)[C@H](NC(=O)[C@H](CC(N)=O)NC(=O)C(C)(C)NC(C)=O)C(=O)N[C@@H](CC(C)C)C(=O)NC(C)(C)C(=O)N1CCC[C@H]1C(=O)N[C@@H](CC(C)C)C(=O)N[C@@H](CC(C)C)C(=O)NC(C)(C)C(=O)N1CCC[C@H]1C(=O)N[C@@H](CC(C)C)C(=O)O. The minimum Gasteiger partial charge on any atom is -0.480 e. The van der Waals surface area contributed by atoms with Crippen molar-refractivity contribution in [3.05, 3.63) is 0 Å². The first-order valence-electron chi connectivity index (χ1n) is 29.5. The number of nitrogens with one attached hydrogen (secondary N) is 9. The van der Waals surface area contributed by atoms with E-state index >= 15 is 0 Å². The molecule has 9 atom stereocenters. The number of carboxylic acid groups (broad SMARTS) is 1. The fourth-order valence-electron chi connectivity index (χ4n) is 10.3. The molecular weight excluding hydrogens is 1090 g/mol. The third-order valence-electron chi connectivity index (χ3n) is 14.8. The molecule has 2 aliphatic heterocycles. The second kappa shape index (κ2) is 31.8. The van der Waals surface area contributed by atoms with Crippen LogP contribution in [0, 0.1) is 29.6 Å². The van der Waals surface area contributed by atoms with Crippen molar-refractivity contribution in [1.29, 1.82) is 0 Å². The third kappa shape index (κ3) is 22.3. The summed E-state index contributed by atoms with van der Waals surface area (Å²) >= 11 is 0. The molecule has 0 aromatic heterocycles. The van der Waals surface area contributed by atoms with Crippen molar-refractivity contribution in [1.82, 2.24) is 57.7 Å². The maximum absolute atomic E-state index is 14.5. The van der Waals surface area contributed by atoms with Crippen molar-refractivity contribution in [2.45, 2.75) is 247 Å². The van der Waals surface area contributed by atoms with Crippen LogP contribution < -0.4 is 53.6 Å². The molecule has 0 aromatic carbocycles. The van der Waals surface area contributed by atoms with E-state index < -0.39 is 154 Å². The van der Waals surface area contributed by atoms with Gasteiger partial charge in [0.1, 0.15) is 65.0 Å². The zero-order valence-corrected chi connectivity index (χ0v) is 52.7. The van der Waals surface area contributed by atoms with Crippen LogP contribution in [0.25, 0.3) is 0 Å². The van der Waals surface area contributed by atoms with Crippen molar-refractivity contribution in [2.24, 2.45) is 35.3 Å². The Kier molecular flexibility index (Phi) is 27.8. The van der Waals surface area contributed by atoms with Gasteiger partial charge in [-0.3, -0.25) is 57.5 Å². The quantitative estimate of drug-likeness (QED) is 0.0444. The van der Waals surface area contributed by atoms with Crippen LogP contribution >= 0.6 is 0 Å². The molecule has 2 rings (SSSR count). The van der Waals surface area contributed by atoms with E-state index in [1.165, 1.54) is 58.3 Å². The lowest BCUT2D eigenvalue weighted by molar-refractivity contribution is -0.147. The Labute approximate surface area is 495 Å². The maximum Gasteiger partial charge on any atom is 0.326 e. The van der Waals surface area contributed by atoms with E-state index in [1.807, 2.05) is 55.4 Å². The Morgan fingerprint density at radius 2 is 0.857 bits per heavy atom. The standard InChI is InChI=1S/C58H100N12O14/c1-18-34(10)44(65-46(74)39(29-43(59)72)64-53(82)56(12,13)66-35(11)71)51(79)62-38(27-32(6)7)48(76)68-58(16,17)54(83)69-23-19-21-41(69)49(77)61-36(25-30(2)3)45(73)60-37(26-31(4)5)47(75)67-57(14,15)55(84)70-24-20-22-42(70)50(78)63-40(52(80)81)28-33(8)9/h30-34,36-42,44H,18-29H2,1-17H3,(H2,59,72)(H,60,73)(H,61,77)(H,62,79)(H,63,78)(H,64,82)(H,65,74)(H,66,71)(H,67,75)(H,68,76)(H,80,81)/t34-,36-,37-,38-,39-,40-,41-,42-,44-/m0/s1. The zero-order chi connectivity index (χ0) is 64.5. The average Bonchev–Trinajstić information content (AvgIpc) is 3.99. The zero-order valence-electron chi connectivity index (χ0n) is 52.7. The highest BCUT2D eigenvalue weighted by Gasteiger charge is 2.46. The highest BCUT2D eigenvalue weighted by Crippen LogP contribution is 2.25. The minimum absolute atomic E-state index is 0.0282. The lowest BCUT2D eigenvalue weighted by atomic mass is 9.95. The van der Waals surface area contributed by atoms with Gasteiger partial charge in [-0.2, -0.15) is 0 Å². The number of hydrogen-bond donors (Lipinski definition) is 11. The summed E-state index contributed by atoms with van der Waals surface area (Å²) in [5.74, 6) is -10.8. The second-order valence-electron chi connectivity index (χ2n) is 26.0. The normalized spacial score (nSPS) is 18.1. The van der Waals surface area contributed by atoms with E-state index in [1.54, 1.807) is 13.8 Å². The first kappa shape index (κ1) is 73.2. The molecule has 0 aromatic rings. The van der Waals surface area contributed by atoms with Gasteiger partial charge in [-0.1, -0.05) is 75.7 Å². The predicted octanol–water partition coefficient (Wildman–Crippen LogP) is 0.772. The molecular formula is C58H100N12O14. The molecule has 26 heteroatoms. The van der Waals surface area contributed by atoms with Crippen LogP contribution in [0.2, 0.25) is 0 Å². The molecule has 476 valence electrons. The van der Waals surface area contributed by atoms with Gasteiger partial charge in [0, 0.05) is 20.0 Å². The van der Waals surface area contributed by atoms with Gasteiger partial charge in [0.15, 0.2) is 0 Å². The van der Waals surface area contributed by atoms with Gasteiger partial charge in [0.2, 0.25) is 70.9 Å².